The number of benzene rings is 2. The van der Waals surface area contributed by atoms with Crippen molar-refractivity contribution in [1.29, 1.82) is 0 Å². The number of aryl methyl sites for hydroxylation is 1. The van der Waals surface area contributed by atoms with Gasteiger partial charge in [0.25, 0.3) is 11.8 Å². The Kier molecular flexibility index (Phi) is 5.84. The molecule has 3 rings (SSSR count). The predicted octanol–water partition coefficient (Wildman–Crippen LogP) is 4.15. The third kappa shape index (κ3) is 4.02. The van der Waals surface area contributed by atoms with Crippen LogP contribution < -0.4 is 0 Å². The Balaban J connectivity index is 1.61. The summed E-state index contributed by atoms with van der Waals surface area (Å²) in [5.41, 5.74) is 2.40. The highest BCUT2D eigenvalue weighted by Gasteiger charge is 2.25. The molecule has 1 saturated heterocycles. The Labute approximate surface area is 163 Å². The largest absolute Gasteiger partial charge is 0.335 e. The minimum absolute atomic E-state index is 0.00860. The Bertz CT molecular complexity index is 813. The van der Waals surface area contributed by atoms with E-state index in [1.54, 1.807) is 28.0 Å². The van der Waals surface area contributed by atoms with Crippen molar-refractivity contribution in [2.75, 3.05) is 26.2 Å². The highest BCUT2D eigenvalue weighted by Crippen LogP contribution is 2.23. The molecule has 26 heavy (non-hydrogen) atoms. The normalized spacial score (nSPS) is 14.4. The maximum absolute atomic E-state index is 12.6. The van der Waals surface area contributed by atoms with Gasteiger partial charge in [0, 0.05) is 37.3 Å². The summed E-state index contributed by atoms with van der Waals surface area (Å²) >= 11 is 11.9. The Morgan fingerprint density at radius 1 is 0.808 bits per heavy atom. The highest BCUT2D eigenvalue weighted by molar-refractivity contribution is 6.42. The van der Waals surface area contributed by atoms with E-state index in [1.807, 2.05) is 24.3 Å². The number of carbonyl (C=O) groups is 2. The van der Waals surface area contributed by atoms with Crippen LogP contribution in [-0.2, 0) is 6.42 Å². The monoisotopic (exact) mass is 390 g/mol. The van der Waals surface area contributed by atoms with Gasteiger partial charge < -0.3 is 9.80 Å². The van der Waals surface area contributed by atoms with Crippen LogP contribution in [-0.4, -0.2) is 47.8 Å². The standard InChI is InChI=1S/C20H20Cl2N2O2/c1-2-14-3-5-15(6-4-14)19(25)23-9-11-24(12-10-23)20(26)16-7-8-17(21)18(22)13-16/h3-8,13H,2,9-12H2,1H3. The number of halogens is 2. The SMILES string of the molecule is CCc1ccc(C(=O)N2CCN(C(=O)c3ccc(Cl)c(Cl)c3)CC2)cc1. The molecule has 1 heterocycles. The average molecular weight is 391 g/mol. The van der Waals surface area contributed by atoms with Gasteiger partial charge in [0.05, 0.1) is 10.0 Å². The molecule has 0 radical (unpaired) electrons. The second kappa shape index (κ2) is 8.11. The van der Waals surface area contributed by atoms with E-state index in [0.717, 1.165) is 6.42 Å². The molecule has 0 unspecified atom stereocenters. The summed E-state index contributed by atoms with van der Waals surface area (Å²) in [5.74, 6) is -0.0859. The molecule has 0 saturated carbocycles. The van der Waals surface area contributed by atoms with E-state index < -0.39 is 0 Å². The van der Waals surface area contributed by atoms with E-state index in [1.165, 1.54) is 5.56 Å². The van der Waals surface area contributed by atoms with E-state index in [0.29, 0.717) is 47.4 Å². The van der Waals surface area contributed by atoms with Gasteiger partial charge in [-0.15, -0.1) is 0 Å². The third-order valence-electron chi connectivity index (χ3n) is 4.63. The van der Waals surface area contributed by atoms with Gasteiger partial charge in [0.15, 0.2) is 0 Å². The van der Waals surface area contributed by atoms with Crippen LogP contribution in [0.2, 0.25) is 10.0 Å². The van der Waals surface area contributed by atoms with E-state index >= 15 is 0 Å². The summed E-state index contributed by atoms with van der Waals surface area (Å²) in [6.07, 6.45) is 0.948. The highest BCUT2D eigenvalue weighted by atomic mass is 35.5. The maximum atomic E-state index is 12.6. The van der Waals surface area contributed by atoms with E-state index in [2.05, 4.69) is 6.92 Å². The Morgan fingerprint density at radius 2 is 1.31 bits per heavy atom. The van der Waals surface area contributed by atoms with E-state index in [-0.39, 0.29) is 11.8 Å². The minimum Gasteiger partial charge on any atom is -0.335 e. The molecule has 1 fully saturated rings. The van der Waals surface area contributed by atoms with Crippen LogP contribution in [0.25, 0.3) is 0 Å². The summed E-state index contributed by atoms with van der Waals surface area (Å²) < 4.78 is 0. The third-order valence-corrected chi connectivity index (χ3v) is 5.37. The van der Waals surface area contributed by atoms with Crippen molar-refractivity contribution in [3.63, 3.8) is 0 Å². The molecule has 0 atom stereocenters. The summed E-state index contributed by atoms with van der Waals surface area (Å²) in [6.45, 7) is 4.11. The van der Waals surface area contributed by atoms with Crippen LogP contribution in [0.15, 0.2) is 42.5 Å². The molecular weight excluding hydrogens is 371 g/mol. The predicted molar refractivity (Wildman–Crippen MR) is 104 cm³/mol. The number of rotatable bonds is 3. The van der Waals surface area contributed by atoms with Gasteiger partial charge >= 0.3 is 0 Å². The smallest absolute Gasteiger partial charge is 0.254 e. The summed E-state index contributed by atoms with van der Waals surface area (Å²) in [7, 11) is 0. The lowest BCUT2D eigenvalue weighted by molar-refractivity contribution is 0.0535. The number of hydrogen-bond acceptors (Lipinski definition) is 2. The molecule has 6 heteroatoms. The van der Waals surface area contributed by atoms with Crippen molar-refractivity contribution >= 4 is 35.0 Å². The van der Waals surface area contributed by atoms with Crippen LogP contribution in [0.1, 0.15) is 33.2 Å². The fraction of sp³-hybridized carbons (Fsp3) is 0.300. The molecule has 0 aromatic heterocycles. The first-order chi connectivity index (χ1) is 12.5. The van der Waals surface area contributed by atoms with Gasteiger partial charge in [-0.3, -0.25) is 9.59 Å². The zero-order valence-electron chi connectivity index (χ0n) is 14.5. The Hall–Kier alpha value is -2.04. The van der Waals surface area contributed by atoms with Crippen molar-refractivity contribution < 1.29 is 9.59 Å². The first kappa shape index (κ1) is 18.7. The van der Waals surface area contributed by atoms with Gasteiger partial charge in [-0.2, -0.15) is 0 Å². The quantitative estimate of drug-likeness (QED) is 0.789. The van der Waals surface area contributed by atoms with Crippen molar-refractivity contribution in [1.82, 2.24) is 9.80 Å². The molecule has 2 amide bonds. The molecule has 2 aromatic rings. The van der Waals surface area contributed by atoms with Gasteiger partial charge in [0.1, 0.15) is 0 Å². The van der Waals surface area contributed by atoms with Crippen LogP contribution in [0.3, 0.4) is 0 Å². The van der Waals surface area contributed by atoms with Crippen molar-refractivity contribution in [3.8, 4) is 0 Å². The van der Waals surface area contributed by atoms with Gasteiger partial charge in [-0.25, -0.2) is 0 Å². The number of nitrogens with zero attached hydrogens (tertiary/aromatic N) is 2. The lowest BCUT2D eigenvalue weighted by atomic mass is 10.1. The zero-order valence-corrected chi connectivity index (χ0v) is 16.1. The van der Waals surface area contributed by atoms with Crippen molar-refractivity contribution in [2.24, 2.45) is 0 Å². The average Bonchev–Trinajstić information content (AvgIpc) is 2.69. The Morgan fingerprint density at radius 3 is 1.81 bits per heavy atom. The topological polar surface area (TPSA) is 40.6 Å². The van der Waals surface area contributed by atoms with Crippen LogP contribution in [0, 0.1) is 0 Å². The van der Waals surface area contributed by atoms with Gasteiger partial charge in [-0.1, -0.05) is 42.3 Å². The number of hydrogen-bond donors (Lipinski definition) is 0. The van der Waals surface area contributed by atoms with Crippen LogP contribution in [0.5, 0.6) is 0 Å². The van der Waals surface area contributed by atoms with E-state index in [9.17, 15) is 9.59 Å². The molecular formula is C20H20Cl2N2O2. The molecule has 0 bridgehead atoms. The molecule has 0 spiro atoms. The zero-order chi connectivity index (χ0) is 18.7. The minimum atomic E-state index is -0.0945. The maximum Gasteiger partial charge on any atom is 0.254 e. The molecule has 2 aromatic carbocycles. The lowest BCUT2D eigenvalue weighted by Gasteiger charge is -2.35. The molecule has 1 aliphatic heterocycles. The summed E-state index contributed by atoms with van der Waals surface area (Å²) in [5, 5.41) is 0.787. The van der Waals surface area contributed by atoms with E-state index in [4.69, 9.17) is 23.2 Å². The first-order valence-corrected chi connectivity index (χ1v) is 9.37. The number of carbonyl (C=O) groups excluding carboxylic acids is 2. The second-order valence-corrected chi connectivity index (χ2v) is 7.08. The second-order valence-electron chi connectivity index (χ2n) is 6.26. The van der Waals surface area contributed by atoms with Crippen LogP contribution >= 0.6 is 23.2 Å². The van der Waals surface area contributed by atoms with Crippen LogP contribution in [0.4, 0.5) is 0 Å². The number of piperazine rings is 1. The molecule has 0 N–H and O–H groups in total. The van der Waals surface area contributed by atoms with Gasteiger partial charge in [0.2, 0.25) is 0 Å². The number of amides is 2. The summed E-state index contributed by atoms with van der Waals surface area (Å²) in [6, 6.07) is 12.6. The fourth-order valence-electron chi connectivity index (χ4n) is 2.99. The molecule has 136 valence electrons. The first-order valence-electron chi connectivity index (χ1n) is 8.62. The van der Waals surface area contributed by atoms with Crippen molar-refractivity contribution in [3.05, 3.63) is 69.2 Å². The summed E-state index contributed by atoms with van der Waals surface area (Å²) in [4.78, 5) is 28.8. The van der Waals surface area contributed by atoms with Crippen molar-refractivity contribution in [2.45, 2.75) is 13.3 Å². The lowest BCUT2D eigenvalue weighted by Crippen LogP contribution is -2.50. The fourth-order valence-corrected chi connectivity index (χ4v) is 3.29. The molecule has 4 nitrogen and oxygen atoms in total. The van der Waals surface area contributed by atoms with Gasteiger partial charge in [-0.05, 0) is 42.3 Å². The molecule has 1 aliphatic rings. The molecule has 0 aliphatic carbocycles.